The van der Waals surface area contributed by atoms with Crippen LogP contribution in [-0.4, -0.2) is 15.1 Å². The highest BCUT2D eigenvalue weighted by atomic mass is 35.5. The fraction of sp³-hybridized carbons (Fsp3) is 0. The minimum Gasteiger partial charge on any atom is -0.493 e. The van der Waals surface area contributed by atoms with E-state index in [0.29, 0.717) is 11.4 Å². The number of aromatic hydroxyl groups is 1. The summed E-state index contributed by atoms with van der Waals surface area (Å²) < 4.78 is 0. The van der Waals surface area contributed by atoms with E-state index in [0.717, 1.165) is 5.56 Å². The predicted octanol–water partition coefficient (Wildman–Crippen LogP) is 1.53. The molecular formula is C12H12ClN5O. The van der Waals surface area contributed by atoms with E-state index in [4.69, 9.17) is 23.2 Å². The van der Waals surface area contributed by atoms with Gasteiger partial charge in [0.2, 0.25) is 5.88 Å². The first kappa shape index (κ1) is 13.1. The number of nitrogens with zero attached hydrogens (tertiary/aromatic N) is 3. The van der Waals surface area contributed by atoms with Crippen LogP contribution in [0.15, 0.2) is 48.0 Å². The normalized spacial score (nSPS) is 11.4. The van der Waals surface area contributed by atoms with E-state index in [-0.39, 0.29) is 11.0 Å². The quantitative estimate of drug-likeness (QED) is 0.447. The molecule has 7 heteroatoms. The van der Waals surface area contributed by atoms with Gasteiger partial charge in [0.1, 0.15) is 11.5 Å². The number of hydrogen-bond donors (Lipinski definition) is 3. The molecular weight excluding hydrogens is 266 g/mol. The monoisotopic (exact) mass is 277 g/mol. The third-order valence-corrected chi connectivity index (χ3v) is 2.47. The summed E-state index contributed by atoms with van der Waals surface area (Å²) in [5, 5.41) is 10.7. The summed E-state index contributed by atoms with van der Waals surface area (Å²) >= 11 is 5.60. The highest BCUT2D eigenvalue weighted by molar-refractivity contribution is 6.29. The van der Waals surface area contributed by atoms with Crippen LogP contribution in [0, 0.1) is 0 Å². The molecule has 5 N–H and O–H groups in total. The Kier molecular flexibility index (Phi) is 3.84. The summed E-state index contributed by atoms with van der Waals surface area (Å²) in [5.41, 5.74) is 7.29. The second-order valence-corrected chi connectivity index (χ2v) is 4.14. The van der Waals surface area contributed by atoms with Crippen molar-refractivity contribution in [2.45, 2.75) is 0 Å². The smallest absolute Gasteiger partial charge is 0.214 e. The zero-order valence-corrected chi connectivity index (χ0v) is 10.6. The Bertz CT molecular complexity index is 613. The summed E-state index contributed by atoms with van der Waals surface area (Å²) in [7, 11) is 0. The molecule has 1 heterocycles. The summed E-state index contributed by atoms with van der Waals surface area (Å²) in [6, 6.07) is 8.69. The molecule has 0 unspecified atom stereocenters. The molecule has 0 spiro atoms. The third kappa shape index (κ3) is 3.12. The first-order valence-corrected chi connectivity index (χ1v) is 5.73. The van der Waals surface area contributed by atoms with Crippen LogP contribution < -0.4 is 16.6 Å². The first-order chi connectivity index (χ1) is 9.08. The molecule has 6 nitrogen and oxygen atoms in total. The van der Waals surface area contributed by atoms with Crippen LogP contribution in [0.4, 0.5) is 5.69 Å². The SMILES string of the molecule is N/C(Cl)=C\N(N)c1ccccc1-c1cc(O)ncn1. The molecule has 0 amide bonds. The Labute approximate surface area is 114 Å². The fourth-order valence-electron chi connectivity index (χ4n) is 1.61. The number of rotatable bonds is 3. The van der Waals surface area contributed by atoms with Gasteiger partial charge >= 0.3 is 0 Å². The van der Waals surface area contributed by atoms with Crippen molar-refractivity contribution in [2.24, 2.45) is 11.6 Å². The summed E-state index contributed by atoms with van der Waals surface area (Å²) in [4.78, 5) is 7.73. The molecule has 2 aromatic rings. The second kappa shape index (κ2) is 5.55. The maximum absolute atomic E-state index is 9.40. The molecule has 98 valence electrons. The lowest BCUT2D eigenvalue weighted by atomic mass is 10.1. The minimum atomic E-state index is -0.115. The fourth-order valence-corrected chi connectivity index (χ4v) is 1.72. The topological polar surface area (TPSA) is 101 Å². The molecule has 0 atom stereocenters. The van der Waals surface area contributed by atoms with Gasteiger partial charge in [0, 0.05) is 11.6 Å². The highest BCUT2D eigenvalue weighted by Gasteiger charge is 2.10. The Morgan fingerprint density at radius 1 is 1.32 bits per heavy atom. The van der Waals surface area contributed by atoms with Crippen molar-refractivity contribution in [1.82, 2.24) is 9.97 Å². The summed E-state index contributed by atoms with van der Waals surface area (Å²) in [6.45, 7) is 0. The van der Waals surface area contributed by atoms with Gasteiger partial charge in [-0.25, -0.2) is 15.8 Å². The minimum absolute atomic E-state index is 0.0582. The van der Waals surface area contributed by atoms with Crippen LogP contribution in [0.25, 0.3) is 11.3 Å². The Balaban J connectivity index is 2.50. The molecule has 0 saturated heterocycles. The lowest BCUT2D eigenvalue weighted by Crippen LogP contribution is -2.25. The molecule has 0 aliphatic heterocycles. The van der Waals surface area contributed by atoms with Crippen molar-refractivity contribution in [2.75, 3.05) is 5.01 Å². The van der Waals surface area contributed by atoms with Crippen molar-refractivity contribution in [3.05, 3.63) is 48.0 Å². The molecule has 1 aromatic heterocycles. The maximum Gasteiger partial charge on any atom is 0.214 e. The third-order valence-electron chi connectivity index (χ3n) is 2.37. The van der Waals surface area contributed by atoms with E-state index in [1.807, 2.05) is 18.2 Å². The Morgan fingerprint density at radius 2 is 2.05 bits per heavy atom. The van der Waals surface area contributed by atoms with Gasteiger partial charge in [0.25, 0.3) is 0 Å². The van der Waals surface area contributed by atoms with Gasteiger partial charge in [-0.2, -0.15) is 0 Å². The molecule has 0 saturated carbocycles. The number of hydrazine groups is 1. The van der Waals surface area contributed by atoms with Crippen LogP contribution in [0.3, 0.4) is 0 Å². The lowest BCUT2D eigenvalue weighted by Gasteiger charge is -2.17. The van der Waals surface area contributed by atoms with E-state index in [1.165, 1.54) is 23.6 Å². The van der Waals surface area contributed by atoms with E-state index in [2.05, 4.69) is 9.97 Å². The van der Waals surface area contributed by atoms with Gasteiger partial charge in [-0.05, 0) is 6.07 Å². The number of nitrogens with two attached hydrogens (primary N) is 2. The zero-order chi connectivity index (χ0) is 13.8. The van der Waals surface area contributed by atoms with Crippen molar-refractivity contribution in [3.8, 4) is 17.1 Å². The van der Waals surface area contributed by atoms with Crippen LogP contribution in [0.2, 0.25) is 0 Å². The van der Waals surface area contributed by atoms with Gasteiger partial charge in [0.05, 0.1) is 17.6 Å². The molecule has 0 radical (unpaired) electrons. The first-order valence-electron chi connectivity index (χ1n) is 5.35. The molecule has 0 aliphatic carbocycles. The van der Waals surface area contributed by atoms with E-state index in [1.54, 1.807) is 6.07 Å². The molecule has 1 aromatic carbocycles. The number of hydrogen-bond acceptors (Lipinski definition) is 6. The van der Waals surface area contributed by atoms with Crippen LogP contribution in [0.5, 0.6) is 5.88 Å². The van der Waals surface area contributed by atoms with Gasteiger partial charge in [-0.3, -0.25) is 5.01 Å². The van der Waals surface area contributed by atoms with Crippen LogP contribution in [0.1, 0.15) is 0 Å². The van der Waals surface area contributed by atoms with Crippen molar-refractivity contribution in [1.29, 1.82) is 0 Å². The van der Waals surface area contributed by atoms with Gasteiger partial charge in [-0.15, -0.1) is 0 Å². The molecule has 0 aliphatic rings. The predicted molar refractivity (Wildman–Crippen MR) is 73.9 cm³/mol. The van der Waals surface area contributed by atoms with E-state index in [9.17, 15) is 5.11 Å². The second-order valence-electron chi connectivity index (χ2n) is 3.70. The van der Waals surface area contributed by atoms with Gasteiger partial charge < -0.3 is 10.8 Å². The van der Waals surface area contributed by atoms with Crippen molar-refractivity contribution < 1.29 is 5.11 Å². The molecule has 19 heavy (non-hydrogen) atoms. The van der Waals surface area contributed by atoms with Crippen LogP contribution >= 0.6 is 11.6 Å². The van der Waals surface area contributed by atoms with E-state index < -0.39 is 0 Å². The van der Waals surface area contributed by atoms with Gasteiger partial charge in [0.15, 0.2) is 0 Å². The molecule has 2 rings (SSSR count). The zero-order valence-electron chi connectivity index (χ0n) is 9.86. The van der Waals surface area contributed by atoms with Crippen molar-refractivity contribution in [3.63, 3.8) is 0 Å². The molecule has 0 bridgehead atoms. The van der Waals surface area contributed by atoms with Crippen molar-refractivity contribution >= 4 is 17.3 Å². The average molecular weight is 278 g/mol. The number of anilines is 1. The van der Waals surface area contributed by atoms with Gasteiger partial charge in [-0.1, -0.05) is 29.8 Å². The number of aromatic nitrogens is 2. The number of benzene rings is 1. The summed E-state index contributed by atoms with van der Waals surface area (Å²) in [5.74, 6) is 5.74. The highest BCUT2D eigenvalue weighted by Crippen LogP contribution is 2.29. The number of para-hydroxylation sites is 1. The molecule has 0 fully saturated rings. The maximum atomic E-state index is 9.40. The van der Waals surface area contributed by atoms with E-state index >= 15 is 0 Å². The Morgan fingerprint density at radius 3 is 2.74 bits per heavy atom. The standard InChI is InChI=1S/C12H12ClN5O/c13-11(14)6-18(15)10-4-2-1-3-8(10)9-5-12(19)17-7-16-9/h1-7H,14-15H2,(H,16,17,19)/b11-6-. The lowest BCUT2D eigenvalue weighted by molar-refractivity contribution is 0.452. The number of halogens is 1. The van der Waals surface area contributed by atoms with Crippen LogP contribution in [-0.2, 0) is 0 Å². The Hall–Kier alpha value is -2.31. The average Bonchev–Trinajstić information content (AvgIpc) is 2.38. The summed E-state index contributed by atoms with van der Waals surface area (Å²) in [6.07, 6.45) is 2.65. The largest absolute Gasteiger partial charge is 0.493 e.